The molecule has 1 aromatic carbocycles. The van der Waals surface area contributed by atoms with Crippen molar-refractivity contribution in [1.82, 2.24) is 5.32 Å². The van der Waals surface area contributed by atoms with Gasteiger partial charge in [-0.2, -0.15) is 0 Å². The van der Waals surface area contributed by atoms with Crippen LogP contribution >= 0.6 is 0 Å². The lowest BCUT2D eigenvalue weighted by molar-refractivity contribution is 0.101. The van der Waals surface area contributed by atoms with E-state index in [1.807, 2.05) is 6.92 Å². The van der Waals surface area contributed by atoms with Gasteiger partial charge >= 0.3 is 6.03 Å². The third-order valence-electron chi connectivity index (χ3n) is 2.66. The van der Waals surface area contributed by atoms with Crippen molar-refractivity contribution < 1.29 is 14.3 Å². The fourth-order valence-corrected chi connectivity index (χ4v) is 1.57. The van der Waals surface area contributed by atoms with Crippen LogP contribution in [0.15, 0.2) is 24.3 Å². The highest BCUT2D eigenvalue weighted by atomic mass is 16.5. The van der Waals surface area contributed by atoms with Crippen molar-refractivity contribution in [2.24, 2.45) is 0 Å². The van der Waals surface area contributed by atoms with E-state index in [4.69, 9.17) is 4.74 Å². The van der Waals surface area contributed by atoms with Crippen molar-refractivity contribution in [3.63, 3.8) is 0 Å². The summed E-state index contributed by atoms with van der Waals surface area (Å²) in [6.07, 6.45) is 0.747. The summed E-state index contributed by atoms with van der Waals surface area (Å²) in [6.45, 7) is 4.00. The number of hydrogen-bond donors (Lipinski definition) is 2. The molecule has 0 aromatic heterocycles. The van der Waals surface area contributed by atoms with Crippen LogP contribution in [-0.4, -0.2) is 31.6 Å². The van der Waals surface area contributed by atoms with Crippen LogP contribution in [0.3, 0.4) is 0 Å². The van der Waals surface area contributed by atoms with Crippen LogP contribution in [0.4, 0.5) is 10.5 Å². The molecular weight excluding hydrogens is 244 g/mol. The van der Waals surface area contributed by atoms with Gasteiger partial charge in [0.05, 0.1) is 0 Å². The molecule has 104 valence electrons. The molecule has 1 rings (SSSR count). The first-order valence-corrected chi connectivity index (χ1v) is 6.20. The highest BCUT2D eigenvalue weighted by Gasteiger charge is 2.08. The quantitative estimate of drug-likeness (QED) is 0.775. The number of carbonyl (C=O) groups excluding carboxylic acids is 2. The van der Waals surface area contributed by atoms with E-state index in [0.717, 1.165) is 6.42 Å². The van der Waals surface area contributed by atoms with Gasteiger partial charge in [0.2, 0.25) is 0 Å². The SMILES string of the molecule is COCCC(C)NC(=O)Nc1cccc(C(C)=O)c1. The number of Topliss-reactive ketones (excluding diaryl/α,β-unsaturated/α-hetero) is 1. The Hall–Kier alpha value is -1.88. The average Bonchev–Trinajstić information content (AvgIpc) is 2.36. The van der Waals surface area contributed by atoms with Gasteiger partial charge in [-0.05, 0) is 32.4 Å². The molecule has 5 heteroatoms. The summed E-state index contributed by atoms with van der Waals surface area (Å²) in [6, 6.07) is 6.58. The van der Waals surface area contributed by atoms with E-state index in [9.17, 15) is 9.59 Å². The lowest BCUT2D eigenvalue weighted by atomic mass is 10.1. The maximum atomic E-state index is 11.7. The Morgan fingerprint density at radius 3 is 2.74 bits per heavy atom. The monoisotopic (exact) mass is 264 g/mol. The zero-order valence-corrected chi connectivity index (χ0v) is 11.5. The predicted octanol–water partition coefficient (Wildman–Crippen LogP) is 2.44. The maximum Gasteiger partial charge on any atom is 0.319 e. The van der Waals surface area contributed by atoms with Crippen molar-refractivity contribution in [3.05, 3.63) is 29.8 Å². The Labute approximate surface area is 113 Å². The molecule has 0 bridgehead atoms. The number of anilines is 1. The maximum absolute atomic E-state index is 11.7. The lowest BCUT2D eigenvalue weighted by Crippen LogP contribution is -2.36. The van der Waals surface area contributed by atoms with Crippen LogP contribution in [-0.2, 0) is 4.74 Å². The van der Waals surface area contributed by atoms with Gasteiger partial charge in [0.1, 0.15) is 0 Å². The number of amides is 2. The van der Waals surface area contributed by atoms with Crippen molar-refractivity contribution in [2.75, 3.05) is 19.0 Å². The standard InChI is InChI=1S/C14H20N2O3/c1-10(7-8-19-3)15-14(18)16-13-6-4-5-12(9-13)11(2)17/h4-6,9-10H,7-8H2,1-3H3,(H2,15,16,18). The van der Waals surface area contributed by atoms with E-state index in [1.165, 1.54) is 6.92 Å². The molecule has 0 aliphatic heterocycles. The highest BCUT2D eigenvalue weighted by Crippen LogP contribution is 2.11. The summed E-state index contributed by atoms with van der Waals surface area (Å²) in [4.78, 5) is 23.0. The second-order valence-electron chi connectivity index (χ2n) is 4.42. The number of benzene rings is 1. The molecule has 0 saturated carbocycles. The lowest BCUT2D eigenvalue weighted by Gasteiger charge is -2.14. The van der Waals surface area contributed by atoms with Crippen LogP contribution in [0.25, 0.3) is 0 Å². The van der Waals surface area contributed by atoms with Crippen LogP contribution in [0.5, 0.6) is 0 Å². The van der Waals surface area contributed by atoms with Gasteiger partial charge in [-0.25, -0.2) is 4.79 Å². The van der Waals surface area contributed by atoms with Gasteiger partial charge in [-0.1, -0.05) is 12.1 Å². The fourth-order valence-electron chi connectivity index (χ4n) is 1.57. The minimum atomic E-state index is -0.288. The number of rotatable bonds is 6. The summed E-state index contributed by atoms with van der Waals surface area (Å²) < 4.78 is 4.95. The number of carbonyl (C=O) groups is 2. The highest BCUT2D eigenvalue weighted by molar-refractivity contribution is 5.96. The Balaban J connectivity index is 2.52. The summed E-state index contributed by atoms with van der Waals surface area (Å²) in [5.74, 6) is -0.0301. The summed E-state index contributed by atoms with van der Waals surface area (Å²) in [5.41, 5.74) is 1.18. The van der Waals surface area contributed by atoms with Gasteiger partial charge in [0, 0.05) is 31.0 Å². The van der Waals surface area contributed by atoms with E-state index in [2.05, 4.69) is 10.6 Å². The molecule has 1 atom stereocenters. The molecule has 2 N–H and O–H groups in total. The Morgan fingerprint density at radius 1 is 1.37 bits per heavy atom. The molecular formula is C14H20N2O3. The van der Waals surface area contributed by atoms with Gasteiger partial charge in [0.25, 0.3) is 0 Å². The van der Waals surface area contributed by atoms with E-state index < -0.39 is 0 Å². The van der Waals surface area contributed by atoms with E-state index in [0.29, 0.717) is 17.9 Å². The van der Waals surface area contributed by atoms with Gasteiger partial charge in [0.15, 0.2) is 5.78 Å². The van der Waals surface area contributed by atoms with Crippen molar-refractivity contribution in [1.29, 1.82) is 0 Å². The van der Waals surface area contributed by atoms with Crippen LogP contribution in [0.1, 0.15) is 30.6 Å². The first-order valence-electron chi connectivity index (χ1n) is 6.20. The summed E-state index contributed by atoms with van der Waals surface area (Å²) in [7, 11) is 1.63. The Kier molecular flexibility index (Phi) is 6.02. The van der Waals surface area contributed by atoms with Crippen LogP contribution in [0.2, 0.25) is 0 Å². The molecule has 0 heterocycles. The molecule has 0 fully saturated rings. The second-order valence-corrected chi connectivity index (χ2v) is 4.42. The zero-order chi connectivity index (χ0) is 14.3. The predicted molar refractivity (Wildman–Crippen MR) is 74.6 cm³/mol. The number of methoxy groups -OCH3 is 1. The molecule has 1 unspecified atom stereocenters. The first kappa shape index (κ1) is 15.2. The first-order chi connectivity index (χ1) is 9.02. The number of urea groups is 1. The van der Waals surface area contributed by atoms with E-state index >= 15 is 0 Å². The van der Waals surface area contributed by atoms with Gasteiger partial charge in [-0.3, -0.25) is 4.79 Å². The number of ether oxygens (including phenoxy) is 1. The van der Waals surface area contributed by atoms with Crippen LogP contribution in [0, 0.1) is 0 Å². The van der Waals surface area contributed by atoms with Crippen molar-refractivity contribution in [3.8, 4) is 0 Å². The minimum Gasteiger partial charge on any atom is -0.385 e. The summed E-state index contributed by atoms with van der Waals surface area (Å²) in [5, 5.41) is 5.50. The van der Waals surface area contributed by atoms with Crippen molar-refractivity contribution in [2.45, 2.75) is 26.3 Å². The minimum absolute atomic E-state index is 0.0240. The van der Waals surface area contributed by atoms with Gasteiger partial charge < -0.3 is 15.4 Å². The molecule has 5 nitrogen and oxygen atoms in total. The third-order valence-corrected chi connectivity index (χ3v) is 2.66. The van der Waals surface area contributed by atoms with Crippen LogP contribution < -0.4 is 10.6 Å². The molecule has 1 aromatic rings. The Morgan fingerprint density at radius 2 is 2.11 bits per heavy atom. The Bertz CT molecular complexity index is 446. The molecule has 0 aliphatic rings. The molecule has 19 heavy (non-hydrogen) atoms. The second kappa shape index (κ2) is 7.53. The fraction of sp³-hybridized carbons (Fsp3) is 0.429. The third kappa shape index (κ3) is 5.52. The number of ketones is 1. The molecule has 0 aliphatic carbocycles. The molecule has 0 radical (unpaired) electrons. The number of nitrogens with one attached hydrogen (secondary N) is 2. The molecule has 2 amide bonds. The molecule has 0 spiro atoms. The van der Waals surface area contributed by atoms with E-state index in [-0.39, 0.29) is 17.9 Å². The number of hydrogen-bond acceptors (Lipinski definition) is 3. The normalized spacial score (nSPS) is 11.7. The van der Waals surface area contributed by atoms with Crippen molar-refractivity contribution >= 4 is 17.5 Å². The van der Waals surface area contributed by atoms with E-state index in [1.54, 1.807) is 31.4 Å². The largest absolute Gasteiger partial charge is 0.385 e. The van der Waals surface area contributed by atoms with Gasteiger partial charge in [-0.15, -0.1) is 0 Å². The smallest absolute Gasteiger partial charge is 0.319 e. The molecule has 0 saturated heterocycles. The summed E-state index contributed by atoms with van der Waals surface area (Å²) >= 11 is 0. The zero-order valence-electron chi connectivity index (χ0n) is 11.5. The topological polar surface area (TPSA) is 67.4 Å². The average molecular weight is 264 g/mol.